The van der Waals surface area contributed by atoms with E-state index in [1.165, 1.54) is 16.2 Å². The Bertz CT molecular complexity index is 362. The van der Waals surface area contributed by atoms with Gasteiger partial charge in [-0.1, -0.05) is 13.8 Å². The van der Waals surface area contributed by atoms with Gasteiger partial charge in [0.05, 0.1) is 12.1 Å². The molecule has 1 rings (SSSR count). The molecular weight excluding hydrogens is 226 g/mol. The van der Waals surface area contributed by atoms with E-state index >= 15 is 0 Å². The van der Waals surface area contributed by atoms with Crippen molar-refractivity contribution in [2.24, 2.45) is 11.7 Å². The first-order valence-electron chi connectivity index (χ1n) is 4.96. The molecule has 1 aromatic heterocycles. The number of primary amides is 1. The molecule has 1 aromatic rings. The molecule has 0 aliphatic carbocycles. The summed E-state index contributed by atoms with van der Waals surface area (Å²) in [7, 11) is 0. The van der Waals surface area contributed by atoms with Gasteiger partial charge in [0.25, 0.3) is 5.91 Å². The molecule has 0 saturated carbocycles. The number of hydrogen-bond donors (Lipinski definition) is 1. The zero-order valence-electron chi connectivity index (χ0n) is 9.34. The van der Waals surface area contributed by atoms with Gasteiger partial charge in [-0.3, -0.25) is 9.59 Å². The fraction of sp³-hybridized carbons (Fsp3) is 0.500. The van der Waals surface area contributed by atoms with Crippen LogP contribution in [0.5, 0.6) is 0 Å². The molecule has 0 bridgehead atoms. The number of nitrogens with zero attached hydrogens (tertiary/aromatic N) is 2. The van der Waals surface area contributed by atoms with E-state index in [-0.39, 0.29) is 18.4 Å². The molecule has 2 N–H and O–H groups in total. The average molecular weight is 241 g/mol. The summed E-state index contributed by atoms with van der Waals surface area (Å²) in [4.78, 5) is 28.2. The van der Waals surface area contributed by atoms with Crippen molar-refractivity contribution in [3.63, 3.8) is 0 Å². The molecule has 16 heavy (non-hydrogen) atoms. The summed E-state index contributed by atoms with van der Waals surface area (Å²) in [5, 5.41) is 1.66. The highest BCUT2D eigenvalue weighted by atomic mass is 32.1. The topological polar surface area (TPSA) is 76.3 Å². The summed E-state index contributed by atoms with van der Waals surface area (Å²) in [5.41, 5.74) is 7.07. The number of thiazole rings is 1. The standard InChI is InChI=1S/C10H15N3O2S/c1-7(2)3-13(4-9(11)14)10(15)8-5-16-6-12-8/h5-7H,3-4H2,1-2H3,(H2,11,14). The largest absolute Gasteiger partial charge is 0.368 e. The summed E-state index contributed by atoms with van der Waals surface area (Å²) in [6, 6.07) is 0. The Morgan fingerprint density at radius 2 is 2.25 bits per heavy atom. The zero-order valence-corrected chi connectivity index (χ0v) is 10.2. The molecular formula is C10H15N3O2S. The molecule has 88 valence electrons. The van der Waals surface area contributed by atoms with Crippen LogP contribution in [0.3, 0.4) is 0 Å². The highest BCUT2D eigenvalue weighted by Gasteiger charge is 2.19. The van der Waals surface area contributed by atoms with Crippen LogP contribution in [0.4, 0.5) is 0 Å². The molecule has 0 fully saturated rings. The smallest absolute Gasteiger partial charge is 0.273 e. The van der Waals surface area contributed by atoms with Crippen LogP contribution < -0.4 is 5.73 Å². The van der Waals surface area contributed by atoms with Crippen molar-refractivity contribution < 1.29 is 9.59 Å². The van der Waals surface area contributed by atoms with Crippen molar-refractivity contribution >= 4 is 23.2 Å². The van der Waals surface area contributed by atoms with Crippen LogP contribution in [0.25, 0.3) is 0 Å². The molecule has 5 nitrogen and oxygen atoms in total. The van der Waals surface area contributed by atoms with Gasteiger partial charge >= 0.3 is 0 Å². The van der Waals surface area contributed by atoms with E-state index in [4.69, 9.17) is 5.73 Å². The fourth-order valence-corrected chi connectivity index (χ4v) is 1.85. The molecule has 0 aliphatic heterocycles. The molecule has 0 radical (unpaired) electrons. The Morgan fingerprint density at radius 1 is 1.56 bits per heavy atom. The minimum atomic E-state index is -0.510. The van der Waals surface area contributed by atoms with Gasteiger partial charge in [0.1, 0.15) is 5.69 Å². The molecule has 0 saturated heterocycles. The Balaban J connectivity index is 2.75. The molecule has 0 unspecified atom stereocenters. The average Bonchev–Trinajstić information content (AvgIpc) is 2.66. The lowest BCUT2D eigenvalue weighted by atomic mass is 10.2. The van der Waals surface area contributed by atoms with Gasteiger partial charge < -0.3 is 10.6 Å². The van der Waals surface area contributed by atoms with E-state index < -0.39 is 5.91 Å². The monoisotopic (exact) mass is 241 g/mol. The van der Waals surface area contributed by atoms with Crippen molar-refractivity contribution in [3.05, 3.63) is 16.6 Å². The van der Waals surface area contributed by atoms with Crippen molar-refractivity contribution in [1.29, 1.82) is 0 Å². The van der Waals surface area contributed by atoms with E-state index in [9.17, 15) is 9.59 Å². The summed E-state index contributed by atoms with van der Waals surface area (Å²) < 4.78 is 0. The number of carbonyl (C=O) groups excluding carboxylic acids is 2. The van der Waals surface area contributed by atoms with Gasteiger partial charge in [-0.25, -0.2) is 4.98 Å². The van der Waals surface area contributed by atoms with E-state index in [0.717, 1.165) is 0 Å². The minimum Gasteiger partial charge on any atom is -0.368 e. The molecule has 0 aromatic carbocycles. The SMILES string of the molecule is CC(C)CN(CC(N)=O)C(=O)c1cscn1. The summed E-state index contributed by atoms with van der Waals surface area (Å²) in [6.07, 6.45) is 0. The van der Waals surface area contributed by atoms with Crippen molar-refractivity contribution in [2.75, 3.05) is 13.1 Å². The molecule has 1 heterocycles. The van der Waals surface area contributed by atoms with Crippen LogP contribution in [0.1, 0.15) is 24.3 Å². The Morgan fingerprint density at radius 3 is 2.69 bits per heavy atom. The number of hydrogen-bond acceptors (Lipinski definition) is 4. The lowest BCUT2D eigenvalue weighted by molar-refractivity contribution is -0.118. The van der Waals surface area contributed by atoms with Crippen LogP contribution in [0.2, 0.25) is 0 Å². The van der Waals surface area contributed by atoms with Crippen LogP contribution in [-0.2, 0) is 4.79 Å². The van der Waals surface area contributed by atoms with Crippen molar-refractivity contribution in [2.45, 2.75) is 13.8 Å². The second kappa shape index (κ2) is 5.60. The van der Waals surface area contributed by atoms with Gasteiger partial charge in [0, 0.05) is 11.9 Å². The maximum Gasteiger partial charge on any atom is 0.273 e. The normalized spacial score (nSPS) is 10.4. The predicted molar refractivity (Wildman–Crippen MR) is 62.0 cm³/mol. The Kier molecular flexibility index (Phi) is 4.42. The summed E-state index contributed by atoms with van der Waals surface area (Å²) in [5.74, 6) is -0.472. The van der Waals surface area contributed by atoms with Crippen LogP contribution in [-0.4, -0.2) is 34.8 Å². The van der Waals surface area contributed by atoms with E-state index in [2.05, 4.69) is 4.98 Å². The van der Waals surface area contributed by atoms with Crippen LogP contribution in [0.15, 0.2) is 10.9 Å². The first kappa shape index (κ1) is 12.6. The summed E-state index contributed by atoms with van der Waals surface area (Å²) >= 11 is 1.35. The van der Waals surface area contributed by atoms with Gasteiger partial charge in [0.15, 0.2) is 0 Å². The Hall–Kier alpha value is -1.43. The van der Waals surface area contributed by atoms with Crippen molar-refractivity contribution in [1.82, 2.24) is 9.88 Å². The van der Waals surface area contributed by atoms with E-state index in [0.29, 0.717) is 12.2 Å². The first-order valence-corrected chi connectivity index (χ1v) is 5.90. The third kappa shape index (κ3) is 3.62. The summed E-state index contributed by atoms with van der Waals surface area (Å²) in [6.45, 7) is 4.39. The molecule has 6 heteroatoms. The second-order valence-electron chi connectivity index (χ2n) is 3.92. The van der Waals surface area contributed by atoms with Gasteiger partial charge in [-0.15, -0.1) is 11.3 Å². The molecule has 0 spiro atoms. The maximum atomic E-state index is 11.9. The van der Waals surface area contributed by atoms with Gasteiger partial charge in [-0.2, -0.15) is 0 Å². The highest BCUT2D eigenvalue weighted by Crippen LogP contribution is 2.07. The number of carbonyl (C=O) groups is 2. The number of nitrogens with two attached hydrogens (primary N) is 1. The third-order valence-electron chi connectivity index (χ3n) is 1.87. The number of aromatic nitrogens is 1. The van der Waals surface area contributed by atoms with Crippen LogP contribution in [0, 0.1) is 5.92 Å². The molecule has 2 amide bonds. The molecule has 0 aliphatic rings. The maximum absolute atomic E-state index is 11.9. The highest BCUT2D eigenvalue weighted by molar-refractivity contribution is 7.07. The minimum absolute atomic E-state index is 0.0610. The predicted octanol–water partition coefficient (Wildman–Crippen LogP) is 0.727. The van der Waals surface area contributed by atoms with Gasteiger partial charge in [0.2, 0.25) is 5.91 Å². The number of amides is 2. The lowest BCUT2D eigenvalue weighted by Crippen LogP contribution is -2.40. The van der Waals surface area contributed by atoms with E-state index in [1.54, 1.807) is 10.9 Å². The fourth-order valence-electron chi connectivity index (χ4n) is 1.33. The Labute approximate surface area is 98.3 Å². The first-order chi connectivity index (χ1) is 7.50. The molecule has 0 atom stereocenters. The van der Waals surface area contributed by atoms with Crippen molar-refractivity contribution in [3.8, 4) is 0 Å². The lowest BCUT2D eigenvalue weighted by Gasteiger charge is -2.22. The second-order valence-corrected chi connectivity index (χ2v) is 4.64. The zero-order chi connectivity index (χ0) is 12.1. The van der Waals surface area contributed by atoms with Gasteiger partial charge in [-0.05, 0) is 5.92 Å². The van der Waals surface area contributed by atoms with E-state index in [1.807, 2.05) is 13.8 Å². The van der Waals surface area contributed by atoms with Crippen LogP contribution >= 0.6 is 11.3 Å². The third-order valence-corrected chi connectivity index (χ3v) is 2.46. The number of rotatable bonds is 5. The quantitative estimate of drug-likeness (QED) is 0.825.